The number of rotatable bonds is 5. The minimum Gasteiger partial charge on any atom is -0.314 e. The Kier molecular flexibility index (Phi) is 4.79. The second kappa shape index (κ2) is 6.98. The zero-order valence-electron chi connectivity index (χ0n) is 13.4. The SMILES string of the molecule is Cc1cccc(CCP(=O)(c2ccccc2)c2ccccc2)c1. The Morgan fingerprint density at radius 1 is 0.739 bits per heavy atom. The van der Waals surface area contributed by atoms with Crippen LogP contribution >= 0.6 is 7.14 Å². The Bertz CT molecular complexity index is 766. The van der Waals surface area contributed by atoms with Crippen molar-refractivity contribution in [1.29, 1.82) is 0 Å². The Balaban J connectivity index is 1.95. The van der Waals surface area contributed by atoms with Crippen LogP contribution in [0.15, 0.2) is 84.9 Å². The number of aryl methyl sites for hydroxylation is 2. The highest BCUT2D eigenvalue weighted by molar-refractivity contribution is 7.78. The molecule has 0 fully saturated rings. The predicted octanol–water partition coefficient (Wildman–Crippen LogP) is 4.55. The van der Waals surface area contributed by atoms with Gasteiger partial charge in [0.1, 0.15) is 7.14 Å². The van der Waals surface area contributed by atoms with Gasteiger partial charge >= 0.3 is 0 Å². The summed E-state index contributed by atoms with van der Waals surface area (Å²) in [4.78, 5) is 0. The summed E-state index contributed by atoms with van der Waals surface area (Å²) in [5.41, 5.74) is 2.49. The Labute approximate surface area is 138 Å². The van der Waals surface area contributed by atoms with E-state index in [2.05, 4.69) is 31.2 Å². The summed E-state index contributed by atoms with van der Waals surface area (Å²) < 4.78 is 13.9. The van der Waals surface area contributed by atoms with Crippen LogP contribution in [0.1, 0.15) is 11.1 Å². The molecule has 0 atom stereocenters. The fraction of sp³-hybridized carbons (Fsp3) is 0.143. The molecule has 0 amide bonds. The van der Waals surface area contributed by atoms with Crippen LogP contribution in [0.2, 0.25) is 0 Å². The summed E-state index contributed by atoms with van der Waals surface area (Å²) in [5, 5.41) is 1.89. The van der Waals surface area contributed by atoms with Crippen LogP contribution in [0.3, 0.4) is 0 Å². The fourth-order valence-corrected chi connectivity index (χ4v) is 5.59. The van der Waals surface area contributed by atoms with Crippen molar-refractivity contribution < 1.29 is 4.57 Å². The lowest BCUT2D eigenvalue weighted by Gasteiger charge is -2.19. The minimum absolute atomic E-state index is 0.657. The van der Waals surface area contributed by atoms with Crippen LogP contribution < -0.4 is 10.6 Å². The van der Waals surface area contributed by atoms with E-state index < -0.39 is 7.14 Å². The maximum atomic E-state index is 13.9. The Morgan fingerprint density at radius 3 is 1.83 bits per heavy atom. The molecule has 0 aliphatic heterocycles. The molecule has 2 heteroatoms. The van der Waals surface area contributed by atoms with E-state index >= 15 is 0 Å². The molecule has 3 aromatic rings. The van der Waals surface area contributed by atoms with Gasteiger partial charge in [0.2, 0.25) is 0 Å². The first-order chi connectivity index (χ1) is 11.2. The van der Waals surface area contributed by atoms with Crippen molar-refractivity contribution in [3.05, 3.63) is 96.1 Å². The van der Waals surface area contributed by atoms with Crippen molar-refractivity contribution in [2.24, 2.45) is 0 Å². The highest BCUT2D eigenvalue weighted by Gasteiger charge is 2.26. The minimum atomic E-state index is -2.60. The van der Waals surface area contributed by atoms with E-state index in [0.29, 0.717) is 6.16 Å². The third kappa shape index (κ3) is 3.63. The summed E-state index contributed by atoms with van der Waals surface area (Å²) in [7, 11) is -2.60. The van der Waals surface area contributed by atoms with Gasteiger partial charge in [-0.2, -0.15) is 0 Å². The summed E-state index contributed by atoms with van der Waals surface area (Å²) in [6.45, 7) is 2.09. The molecule has 3 rings (SSSR count). The average Bonchev–Trinajstić information content (AvgIpc) is 2.61. The molecule has 116 valence electrons. The van der Waals surface area contributed by atoms with Crippen LogP contribution in [-0.2, 0) is 11.0 Å². The lowest BCUT2D eigenvalue weighted by molar-refractivity contribution is 0.586. The monoisotopic (exact) mass is 320 g/mol. The van der Waals surface area contributed by atoms with Crippen LogP contribution in [-0.4, -0.2) is 6.16 Å². The maximum Gasteiger partial charge on any atom is 0.143 e. The normalized spacial score (nSPS) is 11.3. The quantitative estimate of drug-likeness (QED) is 0.630. The van der Waals surface area contributed by atoms with Gasteiger partial charge < -0.3 is 4.57 Å². The molecule has 23 heavy (non-hydrogen) atoms. The van der Waals surface area contributed by atoms with Crippen molar-refractivity contribution in [1.82, 2.24) is 0 Å². The van der Waals surface area contributed by atoms with E-state index in [9.17, 15) is 4.57 Å². The second-order valence-corrected chi connectivity index (χ2v) is 8.83. The van der Waals surface area contributed by atoms with E-state index in [1.54, 1.807) is 0 Å². The van der Waals surface area contributed by atoms with Gasteiger partial charge in [0.15, 0.2) is 0 Å². The van der Waals surface area contributed by atoms with E-state index in [1.165, 1.54) is 11.1 Å². The summed E-state index contributed by atoms with van der Waals surface area (Å²) in [6, 6.07) is 28.2. The van der Waals surface area contributed by atoms with Crippen LogP contribution in [0, 0.1) is 6.92 Å². The van der Waals surface area contributed by atoms with Gasteiger partial charge in [-0.25, -0.2) is 0 Å². The largest absolute Gasteiger partial charge is 0.314 e. The van der Waals surface area contributed by atoms with E-state index in [0.717, 1.165) is 17.0 Å². The smallest absolute Gasteiger partial charge is 0.143 e. The second-order valence-electron chi connectivity index (χ2n) is 5.87. The molecule has 0 spiro atoms. The first-order valence-corrected chi connectivity index (χ1v) is 9.83. The molecule has 0 aromatic heterocycles. The van der Waals surface area contributed by atoms with E-state index in [1.807, 2.05) is 60.7 Å². The van der Waals surface area contributed by atoms with Gasteiger partial charge in [0, 0.05) is 16.8 Å². The summed E-state index contributed by atoms with van der Waals surface area (Å²) in [6.07, 6.45) is 1.48. The van der Waals surface area contributed by atoms with Crippen molar-refractivity contribution in [2.75, 3.05) is 6.16 Å². The van der Waals surface area contributed by atoms with Gasteiger partial charge in [0.05, 0.1) is 0 Å². The molecule has 0 aliphatic rings. The molecule has 0 heterocycles. The first-order valence-electron chi connectivity index (χ1n) is 7.94. The Morgan fingerprint density at radius 2 is 1.30 bits per heavy atom. The molecule has 0 radical (unpaired) electrons. The topological polar surface area (TPSA) is 17.1 Å². The third-order valence-electron chi connectivity index (χ3n) is 4.14. The predicted molar refractivity (Wildman–Crippen MR) is 99.5 cm³/mol. The standard InChI is InChI=1S/C21H21OP/c1-18-9-8-10-19(17-18)15-16-23(22,20-11-4-2-5-12-20)21-13-6-3-7-14-21/h2-14,17H,15-16H2,1H3. The molecule has 0 bridgehead atoms. The van der Waals surface area contributed by atoms with E-state index in [4.69, 9.17) is 0 Å². The fourth-order valence-electron chi connectivity index (χ4n) is 2.90. The number of hydrogen-bond donors (Lipinski definition) is 0. The zero-order chi connectivity index (χ0) is 16.1. The van der Waals surface area contributed by atoms with Gasteiger partial charge in [-0.1, -0.05) is 90.5 Å². The molecule has 0 N–H and O–H groups in total. The summed E-state index contributed by atoms with van der Waals surface area (Å²) >= 11 is 0. The van der Waals surface area contributed by atoms with Gasteiger partial charge in [-0.15, -0.1) is 0 Å². The molecular formula is C21H21OP. The average molecular weight is 320 g/mol. The van der Waals surface area contributed by atoms with Gasteiger partial charge in [-0.3, -0.25) is 0 Å². The first kappa shape index (κ1) is 15.8. The Hall–Kier alpha value is -2.11. The molecule has 1 nitrogen and oxygen atoms in total. The van der Waals surface area contributed by atoms with E-state index in [-0.39, 0.29) is 0 Å². The van der Waals surface area contributed by atoms with Crippen LogP contribution in [0.5, 0.6) is 0 Å². The zero-order valence-corrected chi connectivity index (χ0v) is 14.2. The van der Waals surface area contributed by atoms with Crippen molar-refractivity contribution in [3.8, 4) is 0 Å². The van der Waals surface area contributed by atoms with Crippen LogP contribution in [0.25, 0.3) is 0 Å². The maximum absolute atomic E-state index is 13.9. The van der Waals surface area contributed by atoms with Gasteiger partial charge in [0.25, 0.3) is 0 Å². The highest BCUT2D eigenvalue weighted by atomic mass is 31.2. The van der Waals surface area contributed by atoms with Crippen molar-refractivity contribution >= 4 is 17.8 Å². The summed E-state index contributed by atoms with van der Waals surface area (Å²) in [5.74, 6) is 0. The molecular weight excluding hydrogens is 299 g/mol. The lowest BCUT2D eigenvalue weighted by atomic mass is 10.1. The number of hydrogen-bond acceptors (Lipinski definition) is 1. The number of benzene rings is 3. The lowest BCUT2D eigenvalue weighted by Crippen LogP contribution is -2.19. The highest BCUT2D eigenvalue weighted by Crippen LogP contribution is 2.43. The molecule has 0 unspecified atom stereocenters. The molecule has 3 aromatic carbocycles. The third-order valence-corrected chi connectivity index (χ3v) is 7.26. The molecule has 0 saturated heterocycles. The van der Waals surface area contributed by atoms with Gasteiger partial charge in [-0.05, 0) is 18.9 Å². The molecule has 0 saturated carbocycles. The molecule has 0 aliphatic carbocycles. The van der Waals surface area contributed by atoms with Crippen molar-refractivity contribution in [3.63, 3.8) is 0 Å². The van der Waals surface area contributed by atoms with Crippen molar-refractivity contribution in [2.45, 2.75) is 13.3 Å². The van der Waals surface area contributed by atoms with Crippen LogP contribution in [0.4, 0.5) is 0 Å².